The first-order chi connectivity index (χ1) is 16.7. The van der Waals surface area contributed by atoms with Crippen molar-refractivity contribution in [2.24, 2.45) is 4.99 Å². The third-order valence-electron chi connectivity index (χ3n) is 5.44. The molecule has 0 bridgehead atoms. The fourth-order valence-electron chi connectivity index (χ4n) is 3.80. The Hall–Kier alpha value is -4.25. The summed E-state index contributed by atoms with van der Waals surface area (Å²) in [6.45, 7) is 3.46. The third-order valence-corrected chi connectivity index (χ3v) is 6.42. The Labute approximate surface area is 202 Å². The van der Waals surface area contributed by atoms with E-state index in [0.717, 1.165) is 11.3 Å². The molecule has 1 aliphatic rings. The van der Waals surface area contributed by atoms with E-state index < -0.39 is 22.5 Å². The molecule has 11 heteroatoms. The Morgan fingerprint density at radius 2 is 2.09 bits per heavy atom. The van der Waals surface area contributed by atoms with Crippen LogP contribution in [0.2, 0.25) is 0 Å². The Morgan fingerprint density at radius 3 is 2.77 bits per heavy atom. The molecule has 1 atom stereocenters. The second kappa shape index (κ2) is 9.55. The molecule has 0 saturated carbocycles. The number of methoxy groups -OCH3 is 1. The van der Waals surface area contributed by atoms with E-state index in [4.69, 9.17) is 9.47 Å². The molecule has 0 amide bonds. The number of hydrogen-bond donors (Lipinski definition) is 1. The van der Waals surface area contributed by atoms with Crippen LogP contribution in [0.15, 0.2) is 57.8 Å². The molecule has 1 unspecified atom stereocenters. The van der Waals surface area contributed by atoms with Crippen LogP contribution in [0.3, 0.4) is 0 Å². The fourth-order valence-corrected chi connectivity index (χ4v) is 4.84. The topological polar surface area (TPSA) is 133 Å². The summed E-state index contributed by atoms with van der Waals surface area (Å²) in [5.74, 6) is -0.460. The molecule has 35 heavy (non-hydrogen) atoms. The van der Waals surface area contributed by atoms with Crippen molar-refractivity contribution in [2.75, 3.05) is 13.7 Å². The lowest BCUT2D eigenvalue weighted by Gasteiger charge is -2.22. The van der Waals surface area contributed by atoms with Crippen molar-refractivity contribution in [3.8, 4) is 11.5 Å². The molecule has 0 saturated heterocycles. The first-order valence-corrected chi connectivity index (χ1v) is 11.4. The highest BCUT2D eigenvalue weighted by molar-refractivity contribution is 7.07. The van der Waals surface area contributed by atoms with Crippen LogP contribution in [-0.4, -0.2) is 34.3 Å². The Balaban J connectivity index is 1.94. The molecule has 2 heterocycles. The van der Waals surface area contributed by atoms with Crippen molar-refractivity contribution in [1.82, 2.24) is 4.57 Å². The number of aromatic hydroxyl groups is 1. The van der Waals surface area contributed by atoms with Gasteiger partial charge in [0.2, 0.25) is 0 Å². The number of nitro groups is 1. The number of ether oxygens (including phenoxy) is 2. The first kappa shape index (κ1) is 23.9. The number of hydrogen-bond acceptors (Lipinski definition) is 9. The molecule has 180 valence electrons. The van der Waals surface area contributed by atoms with Gasteiger partial charge in [0, 0.05) is 17.8 Å². The van der Waals surface area contributed by atoms with E-state index in [1.165, 1.54) is 35.9 Å². The smallest absolute Gasteiger partial charge is 0.338 e. The monoisotopic (exact) mass is 495 g/mol. The molecular weight excluding hydrogens is 474 g/mol. The maximum Gasteiger partial charge on any atom is 0.338 e. The highest BCUT2D eigenvalue weighted by atomic mass is 32.1. The van der Waals surface area contributed by atoms with E-state index >= 15 is 0 Å². The summed E-state index contributed by atoms with van der Waals surface area (Å²) < 4.78 is 12.1. The van der Waals surface area contributed by atoms with Crippen molar-refractivity contribution < 1.29 is 24.3 Å². The Kier molecular flexibility index (Phi) is 6.52. The van der Waals surface area contributed by atoms with Gasteiger partial charge in [-0.2, -0.15) is 0 Å². The number of nitro benzene ring substituents is 1. The van der Waals surface area contributed by atoms with Crippen LogP contribution >= 0.6 is 11.3 Å². The van der Waals surface area contributed by atoms with Gasteiger partial charge >= 0.3 is 5.97 Å². The SMILES string of the molecule is CCOC(=O)C1=C(C)n2c(s/c(=C\c3cccc([N+](=O)[O-])c3)c2=O)=NC1c1ccc(O)c(OC)c1. The van der Waals surface area contributed by atoms with E-state index in [1.54, 1.807) is 38.1 Å². The third kappa shape index (κ3) is 4.45. The van der Waals surface area contributed by atoms with Crippen LogP contribution < -0.4 is 19.6 Å². The summed E-state index contributed by atoms with van der Waals surface area (Å²) in [5, 5.41) is 21.1. The number of carbonyl (C=O) groups is 1. The number of rotatable bonds is 6. The van der Waals surface area contributed by atoms with Crippen LogP contribution in [0, 0.1) is 10.1 Å². The minimum absolute atomic E-state index is 0.0627. The number of aromatic nitrogens is 1. The molecule has 0 aliphatic carbocycles. The number of non-ortho nitro benzene ring substituents is 1. The van der Waals surface area contributed by atoms with Gasteiger partial charge in [-0.3, -0.25) is 19.5 Å². The number of fused-ring (bicyclic) bond motifs is 1. The molecule has 2 aromatic carbocycles. The zero-order valence-electron chi connectivity index (χ0n) is 19.0. The van der Waals surface area contributed by atoms with E-state index in [1.807, 2.05) is 0 Å². The van der Waals surface area contributed by atoms with Crippen LogP contribution in [0.5, 0.6) is 11.5 Å². The summed E-state index contributed by atoms with van der Waals surface area (Å²) in [5.41, 5.74) is 1.12. The zero-order valence-corrected chi connectivity index (χ0v) is 19.9. The van der Waals surface area contributed by atoms with Crippen molar-refractivity contribution in [3.63, 3.8) is 0 Å². The minimum atomic E-state index is -0.799. The molecular formula is C24H21N3O7S. The Bertz CT molecular complexity index is 1550. The van der Waals surface area contributed by atoms with E-state index in [2.05, 4.69) is 4.99 Å². The molecule has 4 rings (SSSR count). The van der Waals surface area contributed by atoms with Gasteiger partial charge in [-0.1, -0.05) is 29.5 Å². The summed E-state index contributed by atoms with van der Waals surface area (Å²) in [6.07, 6.45) is 1.55. The number of carbonyl (C=O) groups excluding carboxylic acids is 1. The Morgan fingerprint density at radius 1 is 1.31 bits per heavy atom. The number of allylic oxidation sites excluding steroid dienone is 1. The molecule has 1 N–H and O–H groups in total. The maximum absolute atomic E-state index is 13.3. The number of thiazole rings is 1. The van der Waals surface area contributed by atoms with Gasteiger partial charge in [-0.15, -0.1) is 0 Å². The molecule has 0 spiro atoms. The van der Waals surface area contributed by atoms with Crippen molar-refractivity contribution >= 4 is 34.8 Å². The number of phenolic OH excluding ortho intramolecular Hbond substituents is 1. The van der Waals surface area contributed by atoms with E-state index in [0.29, 0.717) is 26.2 Å². The first-order valence-electron chi connectivity index (χ1n) is 10.6. The second-order valence-electron chi connectivity index (χ2n) is 7.57. The van der Waals surface area contributed by atoms with Gasteiger partial charge in [0.1, 0.15) is 6.04 Å². The van der Waals surface area contributed by atoms with Crippen LogP contribution in [0.25, 0.3) is 11.8 Å². The summed E-state index contributed by atoms with van der Waals surface area (Å²) in [6, 6.07) is 9.78. The lowest BCUT2D eigenvalue weighted by molar-refractivity contribution is -0.384. The quantitative estimate of drug-likeness (QED) is 0.316. The predicted octanol–water partition coefficient (Wildman–Crippen LogP) is 2.53. The van der Waals surface area contributed by atoms with Gasteiger partial charge < -0.3 is 14.6 Å². The highest BCUT2D eigenvalue weighted by Crippen LogP contribution is 2.36. The largest absolute Gasteiger partial charge is 0.504 e. The molecule has 0 fully saturated rings. The van der Waals surface area contributed by atoms with Gasteiger partial charge in [0.25, 0.3) is 11.2 Å². The summed E-state index contributed by atoms with van der Waals surface area (Å²) >= 11 is 1.10. The molecule has 10 nitrogen and oxygen atoms in total. The van der Waals surface area contributed by atoms with Crippen LogP contribution in [0.1, 0.15) is 31.0 Å². The van der Waals surface area contributed by atoms with Crippen molar-refractivity contribution in [1.29, 1.82) is 0 Å². The van der Waals surface area contributed by atoms with Crippen molar-refractivity contribution in [3.05, 3.63) is 89.0 Å². The molecule has 0 radical (unpaired) electrons. The summed E-state index contributed by atoms with van der Waals surface area (Å²) in [4.78, 5) is 41.8. The second-order valence-corrected chi connectivity index (χ2v) is 8.58. The predicted molar refractivity (Wildman–Crippen MR) is 129 cm³/mol. The molecule has 1 aliphatic heterocycles. The normalized spacial score (nSPS) is 15.4. The number of esters is 1. The maximum atomic E-state index is 13.3. The average Bonchev–Trinajstić information content (AvgIpc) is 3.14. The van der Waals surface area contributed by atoms with Gasteiger partial charge in [0.15, 0.2) is 16.3 Å². The number of nitrogens with zero attached hydrogens (tertiary/aromatic N) is 3. The van der Waals surface area contributed by atoms with Gasteiger partial charge in [-0.25, -0.2) is 9.79 Å². The highest BCUT2D eigenvalue weighted by Gasteiger charge is 2.32. The lowest BCUT2D eigenvalue weighted by atomic mass is 9.96. The van der Waals surface area contributed by atoms with E-state index in [9.17, 15) is 24.8 Å². The van der Waals surface area contributed by atoms with Crippen LogP contribution in [0.4, 0.5) is 5.69 Å². The minimum Gasteiger partial charge on any atom is -0.504 e. The molecule has 1 aromatic heterocycles. The number of phenols is 1. The zero-order chi connectivity index (χ0) is 25.3. The fraction of sp³-hybridized carbons (Fsp3) is 0.208. The lowest BCUT2D eigenvalue weighted by Crippen LogP contribution is -2.35. The van der Waals surface area contributed by atoms with Gasteiger partial charge in [0.05, 0.1) is 28.7 Å². The van der Waals surface area contributed by atoms with Gasteiger partial charge in [-0.05, 0) is 43.2 Å². The average molecular weight is 496 g/mol. The van der Waals surface area contributed by atoms with Crippen LogP contribution in [-0.2, 0) is 9.53 Å². The summed E-state index contributed by atoms with van der Waals surface area (Å²) in [7, 11) is 1.41. The van der Waals surface area contributed by atoms with E-state index in [-0.39, 0.29) is 29.4 Å². The molecule has 3 aromatic rings. The van der Waals surface area contributed by atoms with Crippen molar-refractivity contribution in [2.45, 2.75) is 19.9 Å². The standard InChI is InChI=1S/C24H21N3O7S/c1-4-34-23(30)20-13(2)26-22(29)19(11-14-6-5-7-16(10-14)27(31)32)35-24(26)25-21(20)15-8-9-17(28)18(12-15)33-3/h5-12,21,28H,4H2,1-3H3/b19-11-. The number of benzene rings is 2.